The highest BCUT2D eigenvalue weighted by molar-refractivity contribution is 8.18. The van der Waals surface area contributed by atoms with E-state index in [0.717, 1.165) is 11.8 Å². The molecule has 0 aromatic heterocycles. The molecule has 0 spiro atoms. The lowest BCUT2D eigenvalue weighted by Crippen LogP contribution is -2.12. The highest BCUT2D eigenvalue weighted by Crippen LogP contribution is 2.41. The number of aliphatic hydroxyl groups excluding tert-OH is 1. The summed E-state index contributed by atoms with van der Waals surface area (Å²) in [5, 5.41) is 21.9. The van der Waals surface area contributed by atoms with Crippen LogP contribution in [0.25, 0.3) is 6.08 Å². The molecule has 0 unspecified atom stereocenters. The first-order valence-electron chi connectivity index (χ1n) is 9.43. The molecular formula is C22H20N2O7S. The Morgan fingerprint density at radius 1 is 1.19 bits per heavy atom. The first-order chi connectivity index (χ1) is 15.4. The van der Waals surface area contributed by atoms with E-state index < -0.39 is 10.9 Å². The second kappa shape index (κ2) is 10.0. The molecule has 0 fully saturated rings. The molecule has 0 saturated carbocycles. The predicted molar refractivity (Wildman–Crippen MR) is 122 cm³/mol. The summed E-state index contributed by atoms with van der Waals surface area (Å²) < 4.78 is 15.7. The largest absolute Gasteiger partial charge is 0.506 e. The second-order valence-electron chi connectivity index (χ2n) is 6.35. The number of nitro benzene ring substituents is 1. The molecule has 166 valence electrons. The van der Waals surface area contributed by atoms with Gasteiger partial charge in [-0.1, -0.05) is 11.8 Å². The maximum Gasteiger partial charge on any atom is 0.344 e. The molecule has 1 heterocycles. The van der Waals surface area contributed by atoms with Gasteiger partial charge in [-0.3, -0.25) is 10.1 Å². The minimum Gasteiger partial charge on any atom is -0.506 e. The molecular weight excluding hydrogens is 436 g/mol. The van der Waals surface area contributed by atoms with Crippen molar-refractivity contribution in [2.24, 2.45) is 4.99 Å². The molecule has 1 N–H and O–H groups in total. The van der Waals surface area contributed by atoms with E-state index in [1.54, 1.807) is 38.3 Å². The first kappa shape index (κ1) is 22.9. The number of hydrogen-bond donors (Lipinski definition) is 1. The van der Waals surface area contributed by atoms with Gasteiger partial charge < -0.3 is 19.3 Å². The highest BCUT2D eigenvalue weighted by atomic mass is 32.2. The van der Waals surface area contributed by atoms with Gasteiger partial charge >= 0.3 is 5.97 Å². The lowest BCUT2D eigenvalue weighted by atomic mass is 10.1. The maximum absolute atomic E-state index is 12.5. The number of carbonyl (C=O) groups is 1. The zero-order valence-electron chi connectivity index (χ0n) is 17.5. The first-order valence-corrected chi connectivity index (χ1v) is 10.2. The van der Waals surface area contributed by atoms with Gasteiger partial charge in [0.25, 0.3) is 5.69 Å². The van der Waals surface area contributed by atoms with Crippen molar-refractivity contribution in [2.75, 3.05) is 20.8 Å². The second-order valence-corrected chi connectivity index (χ2v) is 7.38. The van der Waals surface area contributed by atoms with Crippen molar-refractivity contribution < 1.29 is 29.0 Å². The molecule has 0 bridgehead atoms. The number of thioether (sulfide) groups is 1. The Hall–Kier alpha value is -3.79. The number of aliphatic hydroxyl groups is 1. The zero-order chi connectivity index (χ0) is 23.3. The van der Waals surface area contributed by atoms with E-state index in [1.165, 1.54) is 31.4 Å². The molecule has 2 aromatic carbocycles. The molecule has 1 aliphatic rings. The van der Waals surface area contributed by atoms with Gasteiger partial charge in [0.15, 0.2) is 0 Å². The minimum absolute atomic E-state index is 0.0751. The van der Waals surface area contributed by atoms with Crippen molar-refractivity contribution in [1.82, 2.24) is 0 Å². The molecule has 9 nitrogen and oxygen atoms in total. The third-order valence-corrected chi connectivity index (χ3v) is 5.41. The van der Waals surface area contributed by atoms with Crippen LogP contribution in [0.4, 0.5) is 11.4 Å². The van der Waals surface area contributed by atoms with Gasteiger partial charge in [-0.2, -0.15) is 0 Å². The van der Waals surface area contributed by atoms with E-state index >= 15 is 0 Å². The summed E-state index contributed by atoms with van der Waals surface area (Å²) >= 11 is 1.08. The van der Waals surface area contributed by atoms with E-state index in [9.17, 15) is 20.0 Å². The van der Waals surface area contributed by atoms with Gasteiger partial charge in [-0.25, -0.2) is 9.79 Å². The normalized spacial score (nSPS) is 15.8. The van der Waals surface area contributed by atoms with Crippen LogP contribution in [-0.4, -0.2) is 41.9 Å². The summed E-state index contributed by atoms with van der Waals surface area (Å²) in [5.74, 6) is 0.134. The standard InChI is InChI=1S/C22H20N2O7S/c1-4-31-22(26)19-20(25)18(11-13-5-10-16(29-2)12-17(13)30-3)32-21(19)23-14-6-8-15(9-7-14)24(27)28/h5-12,25H,4H2,1-3H3/b18-11-,23-21?. The van der Waals surface area contributed by atoms with Gasteiger partial charge in [-0.05, 0) is 37.3 Å². The Morgan fingerprint density at radius 2 is 1.91 bits per heavy atom. The van der Waals surface area contributed by atoms with E-state index in [1.807, 2.05) is 0 Å². The number of nitro groups is 1. The van der Waals surface area contributed by atoms with Crippen LogP contribution in [0.1, 0.15) is 12.5 Å². The number of non-ortho nitro benzene ring substituents is 1. The molecule has 0 atom stereocenters. The number of rotatable bonds is 7. The molecule has 0 aliphatic carbocycles. The van der Waals surface area contributed by atoms with E-state index in [0.29, 0.717) is 27.7 Å². The fourth-order valence-corrected chi connectivity index (χ4v) is 3.86. The van der Waals surface area contributed by atoms with E-state index in [2.05, 4.69) is 4.99 Å². The zero-order valence-corrected chi connectivity index (χ0v) is 18.3. The number of carbonyl (C=O) groups excluding carboxylic acids is 1. The Balaban J connectivity index is 2.04. The lowest BCUT2D eigenvalue weighted by molar-refractivity contribution is -0.384. The molecule has 3 rings (SSSR count). The van der Waals surface area contributed by atoms with Crippen molar-refractivity contribution in [2.45, 2.75) is 6.92 Å². The smallest absolute Gasteiger partial charge is 0.344 e. The van der Waals surface area contributed by atoms with Crippen LogP contribution in [0.5, 0.6) is 11.5 Å². The Morgan fingerprint density at radius 3 is 2.50 bits per heavy atom. The summed E-state index contributed by atoms with van der Waals surface area (Å²) in [6, 6.07) is 10.7. The van der Waals surface area contributed by atoms with Crippen LogP contribution in [0.3, 0.4) is 0 Å². The Bertz CT molecular complexity index is 1140. The number of ether oxygens (including phenoxy) is 3. The topological polar surface area (TPSA) is 120 Å². The van der Waals surface area contributed by atoms with Crippen LogP contribution in [0.2, 0.25) is 0 Å². The predicted octanol–water partition coefficient (Wildman–Crippen LogP) is 4.81. The number of esters is 1. The summed E-state index contributed by atoms with van der Waals surface area (Å²) in [6.07, 6.45) is 1.66. The van der Waals surface area contributed by atoms with Gasteiger partial charge in [0.2, 0.25) is 0 Å². The van der Waals surface area contributed by atoms with E-state index in [-0.39, 0.29) is 28.7 Å². The van der Waals surface area contributed by atoms with Crippen LogP contribution in [0.15, 0.2) is 63.7 Å². The maximum atomic E-state index is 12.5. The van der Waals surface area contributed by atoms with Gasteiger partial charge in [0.1, 0.15) is 27.9 Å². The molecule has 0 radical (unpaired) electrons. The molecule has 0 saturated heterocycles. The monoisotopic (exact) mass is 456 g/mol. The highest BCUT2D eigenvalue weighted by Gasteiger charge is 2.33. The van der Waals surface area contributed by atoms with Gasteiger partial charge in [0, 0.05) is 23.8 Å². The third-order valence-electron chi connectivity index (χ3n) is 4.39. The lowest BCUT2D eigenvalue weighted by Gasteiger charge is -2.08. The molecule has 0 amide bonds. The fraction of sp³-hybridized carbons (Fsp3) is 0.182. The summed E-state index contributed by atoms with van der Waals surface area (Å²) in [5.41, 5.74) is 0.885. The van der Waals surface area contributed by atoms with Crippen molar-refractivity contribution >= 4 is 40.2 Å². The molecule has 32 heavy (non-hydrogen) atoms. The Kier molecular flexibility index (Phi) is 7.16. The number of aliphatic imine (C=N–C) groups is 1. The van der Waals surface area contributed by atoms with Crippen molar-refractivity contribution in [3.8, 4) is 11.5 Å². The number of hydrogen-bond acceptors (Lipinski definition) is 9. The third kappa shape index (κ3) is 4.92. The number of nitrogens with zero attached hydrogens (tertiary/aromatic N) is 2. The molecule has 10 heteroatoms. The van der Waals surface area contributed by atoms with E-state index in [4.69, 9.17) is 14.2 Å². The SMILES string of the molecule is CCOC(=O)C1=C(O)/C(=C/c2ccc(OC)cc2OC)SC1=Nc1ccc([N+](=O)[O-])cc1. The quantitative estimate of drug-likeness (QED) is 0.358. The average Bonchev–Trinajstić information content (AvgIpc) is 3.09. The van der Waals surface area contributed by atoms with Gasteiger partial charge in [-0.15, -0.1) is 0 Å². The average molecular weight is 456 g/mol. The summed E-state index contributed by atoms with van der Waals surface area (Å²) in [6.45, 7) is 1.78. The van der Waals surface area contributed by atoms with Crippen LogP contribution in [0, 0.1) is 10.1 Å². The number of benzene rings is 2. The van der Waals surface area contributed by atoms with Gasteiger partial charge in [0.05, 0.1) is 36.3 Å². The Labute approximate surface area is 188 Å². The summed E-state index contributed by atoms with van der Waals surface area (Å²) in [4.78, 5) is 27.6. The molecule has 2 aromatic rings. The van der Waals surface area contributed by atoms with Crippen molar-refractivity contribution in [3.63, 3.8) is 0 Å². The minimum atomic E-state index is -0.719. The van der Waals surface area contributed by atoms with Crippen LogP contribution in [-0.2, 0) is 9.53 Å². The number of methoxy groups -OCH3 is 2. The molecule has 1 aliphatic heterocycles. The van der Waals surface area contributed by atoms with Crippen molar-refractivity contribution in [3.05, 3.63) is 74.4 Å². The fourth-order valence-electron chi connectivity index (χ4n) is 2.84. The van der Waals surface area contributed by atoms with Crippen LogP contribution < -0.4 is 9.47 Å². The van der Waals surface area contributed by atoms with Crippen LogP contribution >= 0.6 is 11.8 Å². The van der Waals surface area contributed by atoms with Crippen molar-refractivity contribution in [1.29, 1.82) is 0 Å². The summed E-state index contributed by atoms with van der Waals surface area (Å²) in [7, 11) is 3.06.